The first kappa shape index (κ1) is 25.3. The van der Waals surface area contributed by atoms with Crippen molar-refractivity contribution >= 4 is 21.9 Å². The van der Waals surface area contributed by atoms with Crippen molar-refractivity contribution in [3.63, 3.8) is 0 Å². The van der Waals surface area contributed by atoms with E-state index in [0.29, 0.717) is 23.1 Å². The number of alkyl halides is 3. The molecule has 0 amide bonds. The lowest BCUT2D eigenvalue weighted by Crippen LogP contribution is -2.31. The Balaban J connectivity index is 2.05. The van der Waals surface area contributed by atoms with Gasteiger partial charge in [-0.1, -0.05) is 37.8 Å². The zero-order valence-electron chi connectivity index (χ0n) is 18.6. The second-order valence-corrected chi connectivity index (χ2v) is 9.92. The molecule has 6 nitrogen and oxygen atoms in total. The highest BCUT2D eigenvalue weighted by Crippen LogP contribution is 2.42. The fourth-order valence-electron chi connectivity index (χ4n) is 3.51. The van der Waals surface area contributed by atoms with Gasteiger partial charge in [-0.25, -0.2) is 0 Å². The van der Waals surface area contributed by atoms with Gasteiger partial charge in [0.25, 0.3) is 0 Å². The molecule has 0 atom stereocenters. The van der Waals surface area contributed by atoms with Crippen molar-refractivity contribution < 1.29 is 40.1 Å². The van der Waals surface area contributed by atoms with Crippen molar-refractivity contribution in [3.05, 3.63) is 64.2 Å². The fourth-order valence-corrected chi connectivity index (χ4v) is 3.98. The minimum atomic E-state index is -5.98. The molecule has 0 aromatic heterocycles. The number of rotatable bonds is 4. The second kappa shape index (κ2) is 9.14. The average Bonchev–Trinajstić information content (AvgIpc) is 2.75. The molecule has 0 aliphatic heterocycles. The van der Waals surface area contributed by atoms with E-state index in [4.69, 9.17) is 0 Å². The molecular weight excluding hydrogens is 473 g/mol. The normalized spacial score (nSPS) is 15.1. The van der Waals surface area contributed by atoms with Crippen LogP contribution in [0.5, 0.6) is 5.75 Å². The summed E-state index contributed by atoms with van der Waals surface area (Å²) in [5.74, 6) is 4.05. The monoisotopic (exact) mass is 494 g/mol. The molecule has 0 fully saturated rings. The predicted molar refractivity (Wildman–Crippen MR) is 117 cm³/mol. The van der Waals surface area contributed by atoms with E-state index in [2.05, 4.69) is 20.8 Å². The summed E-state index contributed by atoms with van der Waals surface area (Å²) in [5.41, 5.74) is -4.63. The molecule has 0 saturated heterocycles. The number of esters is 1. The predicted octanol–water partition coefficient (Wildman–Crippen LogP) is 4.28. The number of hydrogen-bond acceptors (Lipinski definition) is 6. The lowest BCUT2D eigenvalue weighted by Gasteiger charge is -2.32. The van der Waals surface area contributed by atoms with E-state index in [1.807, 2.05) is 0 Å². The largest absolute Gasteiger partial charge is 0.534 e. The number of carbonyl (C=O) groups is 2. The maximum absolute atomic E-state index is 12.9. The average molecular weight is 494 g/mol. The summed E-state index contributed by atoms with van der Waals surface area (Å²) >= 11 is 0. The number of methoxy groups -OCH3 is 1. The summed E-state index contributed by atoms with van der Waals surface area (Å²) in [4.78, 5) is 23.9. The van der Waals surface area contributed by atoms with Crippen LogP contribution in [0.1, 0.15) is 59.3 Å². The van der Waals surface area contributed by atoms with Crippen LogP contribution in [0.15, 0.2) is 36.4 Å². The molecular formula is C24H21F3O6S. The summed E-state index contributed by atoms with van der Waals surface area (Å²) in [6, 6.07) is 9.27. The number of carbonyl (C=O) groups excluding carboxylic acids is 2. The van der Waals surface area contributed by atoms with Crippen LogP contribution in [0.4, 0.5) is 13.2 Å². The lowest BCUT2D eigenvalue weighted by atomic mass is 9.71. The van der Waals surface area contributed by atoms with Crippen molar-refractivity contribution in [3.8, 4) is 17.6 Å². The van der Waals surface area contributed by atoms with Crippen molar-refractivity contribution in [1.82, 2.24) is 0 Å². The Morgan fingerprint density at radius 1 is 1.09 bits per heavy atom. The molecule has 3 rings (SSSR count). The van der Waals surface area contributed by atoms with Crippen LogP contribution in [0.2, 0.25) is 0 Å². The summed E-state index contributed by atoms with van der Waals surface area (Å²) in [6.45, 7) is 3.61. The lowest BCUT2D eigenvalue weighted by molar-refractivity contribution is -0.139. The molecule has 0 heterocycles. The topological polar surface area (TPSA) is 86.7 Å². The second-order valence-electron chi connectivity index (χ2n) is 8.39. The van der Waals surface area contributed by atoms with E-state index < -0.39 is 38.5 Å². The molecule has 0 bridgehead atoms. The molecule has 0 spiro atoms. The Bertz CT molecular complexity index is 1300. The third kappa shape index (κ3) is 5.42. The molecule has 1 aliphatic rings. The van der Waals surface area contributed by atoms with Gasteiger partial charge >= 0.3 is 21.6 Å². The van der Waals surface area contributed by atoms with Crippen LogP contribution in [-0.4, -0.2) is 32.8 Å². The van der Waals surface area contributed by atoms with E-state index >= 15 is 0 Å². The third-order valence-electron chi connectivity index (χ3n) is 5.45. The molecule has 34 heavy (non-hydrogen) atoms. The highest BCUT2D eigenvalue weighted by atomic mass is 32.2. The summed E-state index contributed by atoms with van der Waals surface area (Å²) in [5, 5.41) is 0. The Hall–Kier alpha value is -3.32. The zero-order valence-corrected chi connectivity index (χ0v) is 19.4. The molecule has 2 aromatic carbocycles. The highest BCUT2D eigenvalue weighted by molar-refractivity contribution is 7.88. The maximum atomic E-state index is 12.9. The van der Waals surface area contributed by atoms with E-state index in [9.17, 15) is 31.2 Å². The molecule has 2 aromatic rings. The zero-order chi connectivity index (χ0) is 25.3. The van der Waals surface area contributed by atoms with Gasteiger partial charge in [-0.3, -0.25) is 9.59 Å². The molecule has 0 saturated carbocycles. The molecule has 0 N–H and O–H groups in total. The van der Waals surface area contributed by atoms with E-state index in [1.54, 1.807) is 44.2 Å². The number of hydrogen-bond donors (Lipinski definition) is 0. The summed E-state index contributed by atoms with van der Waals surface area (Å²) in [6.07, 6.45) is 0.570. The maximum Gasteiger partial charge on any atom is 0.534 e. The number of halogens is 3. The van der Waals surface area contributed by atoms with E-state index in [1.165, 1.54) is 7.11 Å². The van der Waals surface area contributed by atoms with E-state index in [-0.39, 0.29) is 24.0 Å². The van der Waals surface area contributed by atoms with Crippen LogP contribution in [0, 0.1) is 11.8 Å². The van der Waals surface area contributed by atoms with Crippen LogP contribution in [0.3, 0.4) is 0 Å². The van der Waals surface area contributed by atoms with Gasteiger partial charge in [0.15, 0.2) is 11.5 Å². The molecule has 1 aliphatic carbocycles. The van der Waals surface area contributed by atoms with Crippen LogP contribution < -0.4 is 4.18 Å². The smallest absolute Gasteiger partial charge is 0.469 e. The SMILES string of the molecule is COC(=O)Cc1ccc(C#Cc2cc(OS(=O)(=O)C(F)(F)F)c3c(c2)C(C)(C)CCC3=O)cc1. The number of ketones is 1. The minimum absolute atomic E-state index is 0.0470. The number of ether oxygens (including phenoxy) is 1. The van der Waals surface area contributed by atoms with Crippen molar-refractivity contribution in [2.45, 2.75) is 44.0 Å². The van der Waals surface area contributed by atoms with Crippen LogP contribution >= 0.6 is 0 Å². The van der Waals surface area contributed by atoms with Crippen molar-refractivity contribution in [1.29, 1.82) is 0 Å². The standard InChI is InChI=1S/C24H21F3O6S/c1-23(2)11-10-19(28)22-18(23)12-17(13-20(22)33-34(30,31)24(25,26)27)9-6-15-4-7-16(8-5-15)14-21(29)32-3/h4-5,7-8,12-13H,10-11,14H2,1-3H3. The molecule has 180 valence electrons. The summed E-state index contributed by atoms with van der Waals surface area (Å²) in [7, 11) is -4.70. The fraction of sp³-hybridized carbons (Fsp3) is 0.333. The van der Waals surface area contributed by atoms with Gasteiger partial charge in [-0.05, 0) is 47.2 Å². The first-order chi connectivity index (χ1) is 15.7. The Morgan fingerprint density at radius 2 is 1.71 bits per heavy atom. The molecule has 10 heteroatoms. The number of fused-ring (bicyclic) bond motifs is 1. The van der Waals surface area contributed by atoms with Crippen LogP contribution in [0.25, 0.3) is 0 Å². The minimum Gasteiger partial charge on any atom is -0.469 e. The van der Waals surface area contributed by atoms with Gasteiger partial charge in [0.1, 0.15) is 0 Å². The summed E-state index contributed by atoms with van der Waals surface area (Å²) < 4.78 is 71.2. The Labute approximate surface area is 195 Å². The van der Waals surface area contributed by atoms with Gasteiger partial charge < -0.3 is 8.92 Å². The first-order valence-electron chi connectivity index (χ1n) is 10.1. The van der Waals surface area contributed by atoms with E-state index in [0.717, 1.165) is 6.07 Å². The quantitative estimate of drug-likeness (QED) is 0.273. The van der Waals surface area contributed by atoms with Crippen LogP contribution in [-0.2, 0) is 31.5 Å². The van der Waals surface area contributed by atoms with Gasteiger partial charge in [0.05, 0.1) is 19.1 Å². The van der Waals surface area contributed by atoms with Crippen molar-refractivity contribution in [2.24, 2.45) is 0 Å². The van der Waals surface area contributed by atoms with Crippen molar-refractivity contribution in [2.75, 3.05) is 7.11 Å². The highest BCUT2D eigenvalue weighted by Gasteiger charge is 2.49. The first-order valence-corrected chi connectivity index (χ1v) is 11.5. The Morgan fingerprint density at radius 3 is 2.29 bits per heavy atom. The Kier molecular flexibility index (Phi) is 6.80. The number of Topliss-reactive ketones (excluding diaryl/α,β-unsaturated/α-hetero) is 1. The number of benzene rings is 2. The van der Waals surface area contributed by atoms with Gasteiger partial charge in [-0.15, -0.1) is 0 Å². The third-order valence-corrected chi connectivity index (χ3v) is 6.42. The van der Waals surface area contributed by atoms with Gasteiger partial charge in [-0.2, -0.15) is 21.6 Å². The van der Waals surface area contributed by atoms with Gasteiger partial charge in [0.2, 0.25) is 0 Å². The van der Waals surface area contributed by atoms with Gasteiger partial charge in [0, 0.05) is 17.5 Å². The molecule has 0 unspecified atom stereocenters. The molecule has 0 radical (unpaired) electrons.